The van der Waals surface area contributed by atoms with E-state index in [0.29, 0.717) is 0 Å². The Balaban J connectivity index is 1.84. The molecule has 1 fully saturated rings. The van der Waals surface area contributed by atoms with E-state index in [2.05, 4.69) is 70.6 Å². The van der Waals surface area contributed by atoms with E-state index in [0.717, 1.165) is 12.6 Å². The second kappa shape index (κ2) is 6.87. The van der Waals surface area contributed by atoms with Gasteiger partial charge in [-0.1, -0.05) is 19.1 Å². The molecule has 2 nitrogen and oxygen atoms in total. The van der Waals surface area contributed by atoms with Crippen LogP contribution >= 0.6 is 22.6 Å². The largest absolute Gasteiger partial charge is 0.301 e. The Morgan fingerprint density at radius 1 is 1.33 bits per heavy atom. The van der Waals surface area contributed by atoms with Crippen LogP contribution in [0, 0.1) is 3.57 Å². The number of likely N-dealkylation sites (tertiary alicyclic amines) is 1. The first-order chi connectivity index (χ1) is 8.69. The van der Waals surface area contributed by atoms with Crippen molar-refractivity contribution < 1.29 is 0 Å². The first-order valence-corrected chi connectivity index (χ1v) is 7.94. The van der Waals surface area contributed by atoms with Crippen LogP contribution in [0.2, 0.25) is 0 Å². The fourth-order valence-corrected chi connectivity index (χ4v) is 3.20. The fourth-order valence-electron chi connectivity index (χ4n) is 2.84. The van der Waals surface area contributed by atoms with Crippen molar-refractivity contribution in [3.63, 3.8) is 0 Å². The SMILES string of the molecule is CCN1CCCC1CN(C)Cc1ccc(I)cc1. The molecule has 0 spiro atoms. The van der Waals surface area contributed by atoms with Gasteiger partial charge in [-0.2, -0.15) is 0 Å². The summed E-state index contributed by atoms with van der Waals surface area (Å²) in [4.78, 5) is 5.07. The Kier molecular flexibility index (Phi) is 5.45. The second-order valence-corrected chi connectivity index (χ2v) is 6.49. The van der Waals surface area contributed by atoms with Crippen LogP contribution in [0.4, 0.5) is 0 Å². The van der Waals surface area contributed by atoms with Crippen LogP contribution in [0.15, 0.2) is 24.3 Å². The van der Waals surface area contributed by atoms with Crippen molar-refractivity contribution in [1.29, 1.82) is 0 Å². The predicted octanol–water partition coefficient (Wildman–Crippen LogP) is 3.21. The maximum Gasteiger partial charge on any atom is 0.0231 e. The summed E-state index contributed by atoms with van der Waals surface area (Å²) in [5.74, 6) is 0. The van der Waals surface area contributed by atoms with E-state index in [1.165, 1.54) is 41.6 Å². The maximum atomic E-state index is 2.62. The third-order valence-electron chi connectivity index (χ3n) is 3.79. The number of nitrogens with zero attached hydrogens (tertiary/aromatic N) is 2. The van der Waals surface area contributed by atoms with Gasteiger partial charge in [0.15, 0.2) is 0 Å². The Morgan fingerprint density at radius 2 is 2.06 bits per heavy atom. The van der Waals surface area contributed by atoms with Gasteiger partial charge in [0.2, 0.25) is 0 Å². The summed E-state index contributed by atoms with van der Waals surface area (Å²) in [7, 11) is 2.24. The van der Waals surface area contributed by atoms with Gasteiger partial charge in [0, 0.05) is 22.7 Å². The predicted molar refractivity (Wildman–Crippen MR) is 85.8 cm³/mol. The van der Waals surface area contributed by atoms with Crippen LogP contribution < -0.4 is 0 Å². The molecule has 3 heteroatoms. The number of benzene rings is 1. The van der Waals surface area contributed by atoms with Crippen LogP contribution in [0.5, 0.6) is 0 Å². The lowest BCUT2D eigenvalue weighted by Gasteiger charge is -2.27. The average Bonchev–Trinajstić information content (AvgIpc) is 2.79. The van der Waals surface area contributed by atoms with Gasteiger partial charge >= 0.3 is 0 Å². The van der Waals surface area contributed by atoms with Gasteiger partial charge in [-0.3, -0.25) is 4.90 Å². The molecular formula is C15H23IN2. The van der Waals surface area contributed by atoms with E-state index in [4.69, 9.17) is 0 Å². The fraction of sp³-hybridized carbons (Fsp3) is 0.600. The molecule has 1 aromatic carbocycles. The molecule has 0 bridgehead atoms. The molecule has 0 amide bonds. The lowest BCUT2D eigenvalue weighted by molar-refractivity contribution is 0.195. The van der Waals surface area contributed by atoms with Crippen LogP contribution in [-0.4, -0.2) is 42.5 Å². The van der Waals surface area contributed by atoms with E-state index in [1.54, 1.807) is 0 Å². The molecule has 100 valence electrons. The lowest BCUT2D eigenvalue weighted by Crippen LogP contribution is -2.38. The summed E-state index contributed by atoms with van der Waals surface area (Å²) in [6.45, 7) is 7.02. The van der Waals surface area contributed by atoms with Gasteiger partial charge in [-0.05, 0) is 73.3 Å². The zero-order valence-corrected chi connectivity index (χ0v) is 13.6. The van der Waals surface area contributed by atoms with Crippen molar-refractivity contribution in [2.75, 3.05) is 26.7 Å². The Labute approximate surface area is 124 Å². The minimum absolute atomic E-state index is 0.767. The highest BCUT2D eigenvalue weighted by Gasteiger charge is 2.23. The molecule has 1 atom stereocenters. The Hall–Kier alpha value is -0.130. The molecule has 18 heavy (non-hydrogen) atoms. The second-order valence-electron chi connectivity index (χ2n) is 5.25. The first-order valence-electron chi connectivity index (χ1n) is 6.86. The first kappa shape index (κ1) is 14.3. The van der Waals surface area contributed by atoms with Gasteiger partial charge in [0.05, 0.1) is 0 Å². The minimum Gasteiger partial charge on any atom is -0.301 e. The van der Waals surface area contributed by atoms with Crippen molar-refractivity contribution in [1.82, 2.24) is 9.80 Å². The van der Waals surface area contributed by atoms with Gasteiger partial charge in [-0.15, -0.1) is 0 Å². The zero-order chi connectivity index (χ0) is 13.0. The van der Waals surface area contributed by atoms with E-state index in [9.17, 15) is 0 Å². The molecule has 1 aliphatic rings. The van der Waals surface area contributed by atoms with E-state index in [1.807, 2.05) is 0 Å². The monoisotopic (exact) mass is 358 g/mol. The van der Waals surface area contributed by atoms with Crippen molar-refractivity contribution in [2.24, 2.45) is 0 Å². The molecule has 1 saturated heterocycles. The molecule has 1 unspecified atom stereocenters. The summed E-state index contributed by atoms with van der Waals surface area (Å²) in [6.07, 6.45) is 2.74. The molecule has 1 heterocycles. The van der Waals surface area contributed by atoms with Gasteiger partial charge < -0.3 is 4.90 Å². The summed E-state index contributed by atoms with van der Waals surface area (Å²) in [5, 5.41) is 0. The highest BCUT2D eigenvalue weighted by Crippen LogP contribution is 2.18. The number of hydrogen-bond acceptors (Lipinski definition) is 2. The van der Waals surface area contributed by atoms with Crippen molar-refractivity contribution in [2.45, 2.75) is 32.4 Å². The molecule has 1 aliphatic heterocycles. The molecular weight excluding hydrogens is 335 g/mol. The Morgan fingerprint density at radius 3 is 2.72 bits per heavy atom. The number of hydrogen-bond donors (Lipinski definition) is 0. The summed E-state index contributed by atoms with van der Waals surface area (Å²) in [6, 6.07) is 9.63. The molecule has 0 radical (unpaired) electrons. The van der Waals surface area contributed by atoms with Crippen molar-refractivity contribution >= 4 is 22.6 Å². The van der Waals surface area contributed by atoms with Crippen molar-refractivity contribution in [3.8, 4) is 0 Å². The van der Waals surface area contributed by atoms with Gasteiger partial charge in [0.25, 0.3) is 0 Å². The lowest BCUT2D eigenvalue weighted by atomic mass is 10.2. The maximum absolute atomic E-state index is 2.62. The van der Waals surface area contributed by atoms with E-state index in [-0.39, 0.29) is 0 Å². The topological polar surface area (TPSA) is 6.48 Å². The van der Waals surface area contributed by atoms with Crippen molar-refractivity contribution in [3.05, 3.63) is 33.4 Å². The van der Waals surface area contributed by atoms with Crippen LogP contribution in [0.25, 0.3) is 0 Å². The highest BCUT2D eigenvalue weighted by molar-refractivity contribution is 14.1. The number of likely N-dealkylation sites (N-methyl/N-ethyl adjacent to an activating group) is 2. The minimum atomic E-state index is 0.767. The number of halogens is 1. The summed E-state index contributed by atoms with van der Waals surface area (Å²) in [5.41, 5.74) is 1.42. The molecule has 0 aliphatic carbocycles. The third-order valence-corrected chi connectivity index (χ3v) is 4.51. The zero-order valence-electron chi connectivity index (χ0n) is 11.4. The smallest absolute Gasteiger partial charge is 0.0231 e. The summed E-state index contributed by atoms with van der Waals surface area (Å²) >= 11 is 2.36. The standard InChI is InChI=1S/C15H23IN2/c1-3-18-10-4-5-15(18)12-17(2)11-13-6-8-14(16)9-7-13/h6-9,15H,3-5,10-12H2,1-2H3. The molecule has 0 N–H and O–H groups in total. The van der Waals surface area contributed by atoms with E-state index < -0.39 is 0 Å². The quantitative estimate of drug-likeness (QED) is 0.746. The molecule has 1 aromatic rings. The summed E-state index contributed by atoms with van der Waals surface area (Å²) < 4.78 is 1.31. The number of rotatable bonds is 5. The normalized spacial score (nSPS) is 20.8. The van der Waals surface area contributed by atoms with E-state index >= 15 is 0 Å². The van der Waals surface area contributed by atoms with Crippen LogP contribution in [0.1, 0.15) is 25.3 Å². The molecule has 0 aromatic heterocycles. The third kappa shape index (κ3) is 3.93. The molecule has 0 saturated carbocycles. The molecule has 2 rings (SSSR count). The van der Waals surface area contributed by atoms with Gasteiger partial charge in [-0.25, -0.2) is 0 Å². The van der Waals surface area contributed by atoms with Crippen LogP contribution in [0.3, 0.4) is 0 Å². The van der Waals surface area contributed by atoms with Crippen LogP contribution in [-0.2, 0) is 6.54 Å². The average molecular weight is 358 g/mol. The van der Waals surface area contributed by atoms with Gasteiger partial charge in [0.1, 0.15) is 0 Å². The highest BCUT2D eigenvalue weighted by atomic mass is 127. The Bertz CT molecular complexity index is 363.